The molecule has 12 heavy (non-hydrogen) atoms. The number of carbonyl (C=O) groups excluding carboxylic acids is 1. The maximum Gasteiger partial charge on any atom is 0.312 e. The van der Waals surface area contributed by atoms with Crippen molar-refractivity contribution in [3.05, 3.63) is 0 Å². The third-order valence-corrected chi connectivity index (χ3v) is 1.88. The first-order valence-corrected chi connectivity index (χ1v) is 4.72. The SMILES string of the molecule is CCCCCCC(C)NC(N)=O. The van der Waals surface area contributed by atoms with Gasteiger partial charge in [-0.15, -0.1) is 0 Å². The highest BCUT2D eigenvalue weighted by Gasteiger charge is 2.01. The van der Waals surface area contributed by atoms with Gasteiger partial charge in [0.15, 0.2) is 0 Å². The van der Waals surface area contributed by atoms with Gasteiger partial charge >= 0.3 is 6.03 Å². The van der Waals surface area contributed by atoms with Crippen molar-refractivity contribution in [3.8, 4) is 0 Å². The van der Waals surface area contributed by atoms with Gasteiger partial charge in [-0.2, -0.15) is 0 Å². The number of hydrogen-bond acceptors (Lipinski definition) is 1. The van der Waals surface area contributed by atoms with Crippen molar-refractivity contribution in [3.63, 3.8) is 0 Å². The summed E-state index contributed by atoms with van der Waals surface area (Å²) >= 11 is 0. The Morgan fingerprint density at radius 1 is 1.42 bits per heavy atom. The molecule has 0 bridgehead atoms. The third-order valence-electron chi connectivity index (χ3n) is 1.88. The van der Waals surface area contributed by atoms with E-state index < -0.39 is 6.03 Å². The van der Waals surface area contributed by atoms with Crippen LogP contribution >= 0.6 is 0 Å². The van der Waals surface area contributed by atoms with Crippen molar-refractivity contribution in [1.82, 2.24) is 5.32 Å². The molecule has 0 radical (unpaired) electrons. The van der Waals surface area contributed by atoms with Crippen LogP contribution in [0.3, 0.4) is 0 Å². The molecule has 0 aromatic rings. The lowest BCUT2D eigenvalue weighted by Crippen LogP contribution is -2.36. The second-order valence-electron chi connectivity index (χ2n) is 3.26. The molecule has 3 heteroatoms. The predicted molar refractivity (Wildman–Crippen MR) is 50.9 cm³/mol. The number of unbranched alkanes of at least 4 members (excludes halogenated alkanes) is 3. The third kappa shape index (κ3) is 7.38. The summed E-state index contributed by atoms with van der Waals surface area (Å²) in [5.41, 5.74) is 4.97. The first-order valence-electron chi connectivity index (χ1n) is 4.72. The maximum atomic E-state index is 10.4. The first kappa shape index (κ1) is 11.3. The van der Waals surface area contributed by atoms with Crippen molar-refractivity contribution in [2.24, 2.45) is 5.73 Å². The van der Waals surface area contributed by atoms with E-state index in [4.69, 9.17) is 5.73 Å². The van der Waals surface area contributed by atoms with Crippen LogP contribution < -0.4 is 11.1 Å². The van der Waals surface area contributed by atoms with Crippen LogP contribution in [0.1, 0.15) is 46.0 Å². The number of nitrogens with one attached hydrogen (secondary N) is 1. The molecule has 0 saturated heterocycles. The molecule has 0 heterocycles. The lowest BCUT2D eigenvalue weighted by Gasteiger charge is -2.10. The van der Waals surface area contributed by atoms with Crippen LogP contribution in [-0.4, -0.2) is 12.1 Å². The molecule has 72 valence electrons. The lowest BCUT2D eigenvalue weighted by atomic mass is 10.1. The quantitative estimate of drug-likeness (QED) is 0.592. The fourth-order valence-electron chi connectivity index (χ4n) is 1.19. The molecule has 0 saturated carbocycles. The Kier molecular flexibility index (Phi) is 6.53. The van der Waals surface area contributed by atoms with Crippen LogP contribution in [0.25, 0.3) is 0 Å². The van der Waals surface area contributed by atoms with Gasteiger partial charge in [0, 0.05) is 6.04 Å². The highest BCUT2D eigenvalue weighted by atomic mass is 16.2. The lowest BCUT2D eigenvalue weighted by molar-refractivity contribution is 0.245. The van der Waals surface area contributed by atoms with Crippen molar-refractivity contribution < 1.29 is 4.79 Å². The fourth-order valence-corrected chi connectivity index (χ4v) is 1.19. The van der Waals surface area contributed by atoms with Gasteiger partial charge in [0.2, 0.25) is 0 Å². The van der Waals surface area contributed by atoms with Gasteiger partial charge in [0.05, 0.1) is 0 Å². The summed E-state index contributed by atoms with van der Waals surface area (Å²) in [6.45, 7) is 4.17. The van der Waals surface area contributed by atoms with Crippen molar-refractivity contribution in [1.29, 1.82) is 0 Å². The second-order valence-corrected chi connectivity index (χ2v) is 3.26. The van der Waals surface area contributed by atoms with Crippen LogP contribution in [0, 0.1) is 0 Å². The monoisotopic (exact) mass is 172 g/mol. The fraction of sp³-hybridized carbons (Fsp3) is 0.889. The number of rotatable bonds is 6. The topological polar surface area (TPSA) is 55.1 Å². The van der Waals surface area contributed by atoms with Crippen molar-refractivity contribution in [2.75, 3.05) is 0 Å². The molecule has 0 aliphatic carbocycles. The molecule has 0 aromatic carbocycles. The predicted octanol–water partition coefficient (Wildman–Crippen LogP) is 2.01. The molecule has 0 aromatic heterocycles. The van der Waals surface area contributed by atoms with Gasteiger partial charge in [-0.25, -0.2) is 4.79 Å². The Morgan fingerprint density at radius 2 is 2.08 bits per heavy atom. The number of nitrogens with two attached hydrogens (primary N) is 1. The van der Waals surface area contributed by atoms with Gasteiger partial charge in [-0.1, -0.05) is 32.6 Å². The summed E-state index contributed by atoms with van der Waals surface area (Å²) in [5.74, 6) is 0. The average molecular weight is 172 g/mol. The molecule has 1 atom stereocenters. The molecule has 3 N–H and O–H groups in total. The van der Waals surface area contributed by atoms with Gasteiger partial charge in [-0.3, -0.25) is 0 Å². The van der Waals surface area contributed by atoms with Crippen molar-refractivity contribution in [2.45, 2.75) is 52.0 Å². The molecule has 0 rings (SSSR count). The van der Waals surface area contributed by atoms with Gasteiger partial charge in [-0.05, 0) is 13.3 Å². The van der Waals surface area contributed by atoms with Gasteiger partial charge in [0.25, 0.3) is 0 Å². The molecule has 0 spiro atoms. The van der Waals surface area contributed by atoms with E-state index in [1.165, 1.54) is 25.7 Å². The summed E-state index contributed by atoms with van der Waals surface area (Å²) in [6, 6.07) is -0.197. The van der Waals surface area contributed by atoms with Crippen LogP contribution in [0.5, 0.6) is 0 Å². The molecule has 3 nitrogen and oxygen atoms in total. The molecular weight excluding hydrogens is 152 g/mol. The molecule has 1 unspecified atom stereocenters. The second kappa shape index (κ2) is 6.95. The summed E-state index contributed by atoms with van der Waals surface area (Å²) in [7, 11) is 0. The molecule has 0 fully saturated rings. The summed E-state index contributed by atoms with van der Waals surface area (Å²) < 4.78 is 0. The number of primary amides is 1. The summed E-state index contributed by atoms with van der Waals surface area (Å²) in [6.07, 6.45) is 5.99. The zero-order valence-electron chi connectivity index (χ0n) is 8.10. The summed E-state index contributed by atoms with van der Waals surface area (Å²) in [4.78, 5) is 10.4. The van der Waals surface area contributed by atoms with Crippen molar-refractivity contribution >= 4 is 6.03 Å². The Morgan fingerprint density at radius 3 is 2.58 bits per heavy atom. The highest BCUT2D eigenvalue weighted by Crippen LogP contribution is 2.04. The molecule has 2 amide bonds. The Bertz CT molecular complexity index is 126. The average Bonchev–Trinajstić information content (AvgIpc) is 1.97. The maximum absolute atomic E-state index is 10.4. The van der Waals surface area contributed by atoms with Crippen LogP contribution in [0.4, 0.5) is 4.79 Å². The van der Waals surface area contributed by atoms with E-state index >= 15 is 0 Å². The van der Waals surface area contributed by atoms with E-state index in [1.54, 1.807) is 0 Å². The van der Waals surface area contributed by atoms with Gasteiger partial charge < -0.3 is 11.1 Å². The largest absolute Gasteiger partial charge is 0.352 e. The highest BCUT2D eigenvalue weighted by molar-refractivity contribution is 5.71. The number of urea groups is 1. The number of hydrogen-bond donors (Lipinski definition) is 2. The number of carbonyl (C=O) groups is 1. The van der Waals surface area contributed by atoms with E-state index in [0.717, 1.165) is 6.42 Å². The Labute approximate surface area is 74.7 Å². The van der Waals surface area contributed by atoms with E-state index in [9.17, 15) is 4.79 Å². The van der Waals surface area contributed by atoms with Crippen LogP contribution in [0.15, 0.2) is 0 Å². The normalized spacial score (nSPS) is 12.5. The first-order chi connectivity index (χ1) is 5.66. The minimum Gasteiger partial charge on any atom is -0.352 e. The molecule has 0 aliphatic rings. The molecular formula is C9H20N2O. The zero-order valence-corrected chi connectivity index (χ0v) is 8.10. The Hall–Kier alpha value is -0.730. The minimum atomic E-state index is -0.419. The minimum absolute atomic E-state index is 0.222. The van der Waals surface area contributed by atoms with Crippen LogP contribution in [0.2, 0.25) is 0 Å². The van der Waals surface area contributed by atoms with E-state index in [2.05, 4.69) is 12.2 Å². The molecule has 0 aliphatic heterocycles. The zero-order chi connectivity index (χ0) is 9.40. The number of amides is 2. The van der Waals surface area contributed by atoms with E-state index in [0.29, 0.717) is 0 Å². The van der Waals surface area contributed by atoms with E-state index in [1.807, 2.05) is 6.92 Å². The summed E-state index contributed by atoms with van der Waals surface area (Å²) in [5, 5.41) is 2.66. The van der Waals surface area contributed by atoms with Gasteiger partial charge in [0.1, 0.15) is 0 Å². The Balaban J connectivity index is 3.19. The smallest absolute Gasteiger partial charge is 0.312 e. The van der Waals surface area contributed by atoms with Crippen LogP contribution in [-0.2, 0) is 0 Å². The van der Waals surface area contributed by atoms with E-state index in [-0.39, 0.29) is 6.04 Å². The standard InChI is InChI=1S/C9H20N2O/c1-3-4-5-6-7-8(2)11-9(10)12/h8H,3-7H2,1-2H3,(H3,10,11,12).